The lowest BCUT2D eigenvalue weighted by atomic mass is 10.0. The van der Waals surface area contributed by atoms with Gasteiger partial charge in [-0.3, -0.25) is 0 Å². The van der Waals surface area contributed by atoms with Crippen LogP contribution in [-0.2, 0) is 11.4 Å². The van der Waals surface area contributed by atoms with E-state index >= 15 is 0 Å². The molecule has 6 heteroatoms. The third kappa shape index (κ3) is 3.43. The van der Waals surface area contributed by atoms with Gasteiger partial charge in [-0.1, -0.05) is 47.6 Å². The fraction of sp³-hybridized carbons (Fsp3) is 0.167. The van der Waals surface area contributed by atoms with Crippen LogP contribution in [0.25, 0.3) is 0 Å². The quantitative estimate of drug-likeness (QED) is 0.514. The maximum Gasteiger partial charge on any atom is 0.270 e. The van der Waals surface area contributed by atoms with Crippen molar-refractivity contribution in [3.05, 3.63) is 77.5 Å². The summed E-state index contributed by atoms with van der Waals surface area (Å²) in [5.41, 5.74) is 3.31. The molecule has 0 aliphatic carbocycles. The van der Waals surface area contributed by atoms with Crippen molar-refractivity contribution in [1.29, 1.82) is 0 Å². The van der Waals surface area contributed by atoms with Crippen LogP contribution in [0.5, 0.6) is 5.75 Å². The van der Waals surface area contributed by atoms with E-state index < -0.39 is 0 Å². The number of benzene rings is 2. The number of hydrogen-bond donors (Lipinski definition) is 0. The summed E-state index contributed by atoms with van der Waals surface area (Å²) < 4.78 is 11.2. The Morgan fingerprint density at radius 2 is 1.92 bits per heavy atom. The summed E-state index contributed by atoms with van der Waals surface area (Å²) in [6, 6.07) is 15.6. The van der Waals surface area contributed by atoms with E-state index in [4.69, 9.17) is 14.0 Å². The summed E-state index contributed by atoms with van der Waals surface area (Å²) in [5.74, 6) is 1.13. The zero-order chi connectivity index (χ0) is 16.8. The topological polar surface area (TPSA) is 69.7 Å². The van der Waals surface area contributed by atoms with Gasteiger partial charge in [0.1, 0.15) is 19.5 Å². The molecule has 0 bridgehead atoms. The molecule has 0 amide bonds. The lowest BCUT2D eigenvalue weighted by Crippen LogP contribution is -2.10. The Labute approximate surface area is 139 Å². The van der Waals surface area contributed by atoms with Crippen LogP contribution in [0.15, 0.2) is 64.5 Å². The highest BCUT2D eigenvalue weighted by Gasteiger charge is 2.17. The normalized spacial score (nSPS) is 11.3. The maximum atomic E-state index is 5.95. The van der Waals surface area contributed by atoms with Crippen LogP contribution in [0.4, 0.5) is 0 Å². The van der Waals surface area contributed by atoms with Crippen LogP contribution < -0.4 is 4.74 Å². The first kappa shape index (κ1) is 15.7. The fourth-order valence-corrected chi connectivity index (χ4v) is 2.32. The summed E-state index contributed by atoms with van der Waals surface area (Å²) in [5, 5.41) is 11.7. The number of oxime groups is 1. The van der Waals surface area contributed by atoms with Crippen molar-refractivity contribution in [2.45, 2.75) is 13.5 Å². The van der Waals surface area contributed by atoms with E-state index in [0.717, 1.165) is 22.4 Å². The van der Waals surface area contributed by atoms with Crippen LogP contribution in [-0.4, -0.2) is 23.0 Å². The summed E-state index contributed by atoms with van der Waals surface area (Å²) in [6.45, 7) is 2.40. The van der Waals surface area contributed by atoms with Gasteiger partial charge in [0, 0.05) is 5.56 Å². The molecular weight excluding hydrogens is 306 g/mol. The summed E-state index contributed by atoms with van der Waals surface area (Å²) in [7, 11) is 1.48. The van der Waals surface area contributed by atoms with Crippen LogP contribution in [0, 0.1) is 6.92 Å². The van der Waals surface area contributed by atoms with E-state index in [0.29, 0.717) is 18.2 Å². The van der Waals surface area contributed by atoms with E-state index in [9.17, 15) is 0 Å². The van der Waals surface area contributed by atoms with Gasteiger partial charge in [-0.05, 0) is 24.1 Å². The van der Waals surface area contributed by atoms with Crippen LogP contribution >= 0.6 is 0 Å². The molecule has 24 heavy (non-hydrogen) atoms. The van der Waals surface area contributed by atoms with Crippen molar-refractivity contribution in [3.8, 4) is 5.75 Å². The number of aryl methyl sites for hydroxylation is 1. The average Bonchev–Trinajstić information content (AvgIpc) is 3.14. The molecule has 2 aromatic carbocycles. The maximum absolute atomic E-state index is 5.95. The zero-order valence-corrected chi connectivity index (χ0v) is 13.5. The molecule has 3 aromatic rings. The van der Waals surface area contributed by atoms with Gasteiger partial charge in [-0.2, -0.15) is 0 Å². The molecule has 0 unspecified atom stereocenters. The second kappa shape index (κ2) is 7.41. The molecule has 0 saturated heterocycles. The minimum Gasteiger partial charge on any atom is -0.489 e. The monoisotopic (exact) mass is 323 g/mol. The van der Waals surface area contributed by atoms with Crippen molar-refractivity contribution in [1.82, 2.24) is 10.2 Å². The van der Waals surface area contributed by atoms with Crippen molar-refractivity contribution in [2.75, 3.05) is 7.11 Å². The molecule has 0 radical (unpaired) electrons. The molecule has 0 aliphatic heterocycles. The SMILES string of the molecule is CO/N=C(/c1nnco1)c1ccccc1COc1ccccc1C. The summed E-state index contributed by atoms with van der Waals surface area (Å²) in [6.07, 6.45) is 1.26. The first-order chi connectivity index (χ1) is 11.8. The van der Waals surface area contributed by atoms with Crippen LogP contribution in [0.3, 0.4) is 0 Å². The predicted octanol–water partition coefficient (Wildman–Crippen LogP) is 3.36. The number of rotatable bonds is 6. The number of ether oxygens (including phenoxy) is 1. The Kier molecular flexibility index (Phi) is 4.86. The van der Waals surface area contributed by atoms with E-state index in [1.807, 2.05) is 55.5 Å². The van der Waals surface area contributed by atoms with Gasteiger partial charge in [0.25, 0.3) is 5.89 Å². The van der Waals surface area contributed by atoms with Crippen LogP contribution in [0.2, 0.25) is 0 Å². The molecule has 3 rings (SSSR count). The van der Waals surface area contributed by atoms with Crippen molar-refractivity contribution in [3.63, 3.8) is 0 Å². The van der Waals surface area contributed by atoms with Gasteiger partial charge >= 0.3 is 0 Å². The van der Waals surface area contributed by atoms with Gasteiger partial charge < -0.3 is 14.0 Å². The van der Waals surface area contributed by atoms with Gasteiger partial charge in [-0.15, -0.1) is 10.2 Å². The molecule has 0 aliphatic rings. The Morgan fingerprint density at radius 3 is 2.67 bits per heavy atom. The Bertz CT molecular complexity index is 829. The third-order valence-corrected chi connectivity index (χ3v) is 3.49. The lowest BCUT2D eigenvalue weighted by molar-refractivity contribution is 0.213. The van der Waals surface area contributed by atoms with Gasteiger partial charge in [0.2, 0.25) is 6.39 Å². The van der Waals surface area contributed by atoms with E-state index in [2.05, 4.69) is 15.4 Å². The zero-order valence-electron chi connectivity index (χ0n) is 13.5. The minimum absolute atomic E-state index is 0.292. The largest absolute Gasteiger partial charge is 0.489 e. The molecule has 1 aromatic heterocycles. The van der Waals surface area contributed by atoms with E-state index in [1.54, 1.807) is 0 Å². The number of nitrogens with zero attached hydrogens (tertiary/aromatic N) is 3. The molecule has 1 heterocycles. The number of aromatic nitrogens is 2. The first-order valence-electron chi connectivity index (χ1n) is 7.44. The van der Waals surface area contributed by atoms with Gasteiger partial charge in [-0.25, -0.2) is 0 Å². The Hall–Kier alpha value is -3.15. The molecule has 6 nitrogen and oxygen atoms in total. The minimum atomic E-state index is 0.292. The highest BCUT2D eigenvalue weighted by molar-refractivity contribution is 6.10. The van der Waals surface area contributed by atoms with Gasteiger partial charge in [0.05, 0.1) is 0 Å². The molecule has 0 atom stereocenters. The van der Waals surface area contributed by atoms with Crippen molar-refractivity contribution >= 4 is 5.71 Å². The van der Waals surface area contributed by atoms with Crippen LogP contribution in [0.1, 0.15) is 22.6 Å². The fourth-order valence-electron chi connectivity index (χ4n) is 2.32. The van der Waals surface area contributed by atoms with E-state index in [-0.39, 0.29) is 0 Å². The lowest BCUT2D eigenvalue weighted by Gasteiger charge is -2.12. The molecule has 0 N–H and O–H groups in total. The third-order valence-electron chi connectivity index (χ3n) is 3.49. The molecular formula is C18H17N3O3. The smallest absolute Gasteiger partial charge is 0.270 e. The second-order valence-electron chi connectivity index (χ2n) is 5.08. The van der Waals surface area contributed by atoms with Crippen molar-refractivity contribution < 1.29 is 14.0 Å². The molecule has 122 valence electrons. The Morgan fingerprint density at radius 1 is 1.12 bits per heavy atom. The van der Waals surface area contributed by atoms with Gasteiger partial charge in [0.15, 0.2) is 5.71 Å². The van der Waals surface area contributed by atoms with Crippen molar-refractivity contribution in [2.24, 2.45) is 5.16 Å². The standard InChI is InChI=1S/C18H17N3O3/c1-13-7-3-6-10-16(13)23-11-14-8-4-5-9-15(14)17(21-22-2)18-20-19-12-24-18/h3-10,12H,11H2,1-2H3/b21-17+. The number of hydrogen-bond acceptors (Lipinski definition) is 6. The van der Waals surface area contributed by atoms with E-state index in [1.165, 1.54) is 13.5 Å². The predicted molar refractivity (Wildman–Crippen MR) is 88.9 cm³/mol. The molecule has 0 spiro atoms. The summed E-state index contributed by atoms with van der Waals surface area (Å²) >= 11 is 0. The highest BCUT2D eigenvalue weighted by Crippen LogP contribution is 2.20. The first-order valence-corrected chi connectivity index (χ1v) is 7.44. The number of para-hydroxylation sites is 1. The highest BCUT2D eigenvalue weighted by atomic mass is 16.6. The molecule has 0 saturated carbocycles. The summed E-state index contributed by atoms with van der Waals surface area (Å²) in [4.78, 5) is 4.94. The Balaban J connectivity index is 1.90. The second-order valence-corrected chi connectivity index (χ2v) is 5.08. The molecule has 0 fully saturated rings. The average molecular weight is 323 g/mol.